The van der Waals surface area contributed by atoms with Crippen LogP contribution in [0.25, 0.3) is 0 Å². The molecule has 0 atom stereocenters. The SMILES string of the molecule is CCc1ccc(C(F)(F)Oc2c(F)cc(CC)cc2F)c(F)c1.CCc1ccc(C(F)(F)Oc2c(F)cc(CC)cc2F)cc1.CCc1ccc(C(F)(F)Oc2cc(F)c(CC)c(F)c2)c(F)c1.CCc1ccc(C(F)(F)Oc2ccc(CC)c(F)c2)c(F)c1.CCc1ccc(OC(F)(F)c2ccc(CC)cc2)cc1.CCc1ccc(OC(F)(F)c2ccc(CC)cc2F)c(F)c1. The van der Waals surface area contributed by atoms with Crippen molar-refractivity contribution in [3.63, 3.8) is 0 Å². The molecule has 6 nitrogen and oxygen atoms in total. The molecule has 12 aromatic rings. The zero-order valence-electron chi connectivity index (χ0n) is 73.8. The van der Waals surface area contributed by atoms with Gasteiger partial charge in [0, 0.05) is 23.8 Å². The minimum absolute atomic E-state index is 0.0709. The van der Waals surface area contributed by atoms with Crippen LogP contribution in [0.3, 0.4) is 0 Å². The molecule has 0 aliphatic rings. The van der Waals surface area contributed by atoms with Gasteiger partial charge in [-0.1, -0.05) is 156 Å². The smallest absolute Gasteiger partial charge is 0.429 e. The van der Waals surface area contributed by atoms with Gasteiger partial charge in [-0.05, 0) is 266 Å². The van der Waals surface area contributed by atoms with Crippen LogP contribution in [-0.2, 0) is 114 Å². The van der Waals surface area contributed by atoms with Crippen molar-refractivity contribution in [1.82, 2.24) is 0 Å². The first-order chi connectivity index (χ1) is 62.2. The van der Waals surface area contributed by atoms with E-state index in [-0.39, 0.29) is 29.0 Å². The van der Waals surface area contributed by atoms with Gasteiger partial charge in [-0.25, -0.2) is 52.7 Å². The molecule has 0 saturated carbocycles. The summed E-state index contributed by atoms with van der Waals surface area (Å²) in [5.41, 5.74) is 2.33. The third-order valence-corrected chi connectivity index (χ3v) is 20.4. The van der Waals surface area contributed by atoms with Crippen LogP contribution in [0.15, 0.2) is 218 Å². The van der Waals surface area contributed by atoms with E-state index in [1.807, 2.05) is 27.7 Å². The standard InChI is InChI=1S/2C17H15F5O.3C17H16F4O.C17H18F2O/c1-3-10-5-6-13(16(20)7-10)17(21,22)23-11-8-14(18)12(4-2)15(19)9-11;1-3-10-5-6-12(13(18)7-10)17(21,22)23-16-14(19)8-11(4-2)9-15(16)20;1-3-11-5-8-14(16(19)9-11)17(20,21)22-13-7-6-12(4-2)15(18)10-13;1-3-11-5-7-13(14(18)9-11)17(20,21)22-16-8-6-12(4-2)10-15(16)19;1-3-11-5-7-13(8-6-11)17(20,21)22-16-14(18)9-12(4-2)10-15(16)19;1-3-13-5-9-15(10-6-13)17(18,19)20-16-11-7-14(4-2)8-12-16/h2*5-9H,3-4H2,1-2H3;3*5-10H,3-4H2,1-2H3;5-12H,3-4H2,1-2H3. The average molecular weight is 1870 g/mol. The highest BCUT2D eigenvalue weighted by molar-refractivity contribution is 5.40. The Morgan fingerprint density at radius 3 is 0.735 bits per heavy atom. The molecular weight excluding hydrogens is 1780 g/mol. The molecule has 30 heteroatoms. The topological polar surface area (TPSA) is 55.4 Å². The number of halogens is 24. The maximum Gasteiger partial charge on any atom is 0.429 e. The summed E-state index contributed by atoms with van der Waals surface area (Å²) in [7, 11) is 0. The summed E-state index contributed by atoms with van der Waals surface area (Å²) in [6, 6.07) is 44.0. The molecule has 0 spiro atoms. The van der Waals surface area contributed by atoms with Crippen molar-refractivity contribution < 1.29 is 134 Å². The maximum atomic E-state index is 14.1. The van der Waals surface area contributed by atoms with Crippen LogP contribution in [0.1, 0.15) is 183 Å². The number of hydrogen-bond acceptors (Lipinski definition) is 6. The van der Waals surface area contributed by atoms with E-state index in [0.717, 1.165) is 121 Å². The molecule has 0 saturated heterocycles. The number of alkyl halides is 12. The van der Waals surface area contributed by atoms with Crippen molar-refractivity contribution in [2.75, 3.05) is 0 Å². The molecule has 0 bridgehead atoms. The second-order valence-corrected chi connectivity index (χ2v) is 29.4. The van der Waals surface area contributed by atoms with Gasteiger partial charge in [0.15, 0.2) is 46.3 Å². The predicted octanol–water partition coefficient (Wildman–Crippen LogP) is 31.3. The Morgan fingerprint density at radius 1 is 0.182 bits per heavy atom. The molecule has 0 aliphatic carbocycles. The first kappa shape index (κ1) is 107. The Morgan fingerprint density at radius 2 is 0.432 bits per heavy atom. The average Bonchev–Trinajstić information content (AvgIpc) is 0.744. The van der Waals surface area contributed by atoms with E-state index in [0.29, 0.717) is 114 Å². The first-order valence-electron chi connectivity index (χ1n) is 42.1. The van der Waals surface area contributed by atoms with Crippen LogP contribution in [0, 0.1) is 69.8 Å². The molecule has 0 fully saturated rings. The Kier molecular flexibility index (Phi) is 38.6. The van der Waals surface area contributed by atoms with Gasteiger partial charge in [0.1, 0.15) is 58.0 Å². The Labute approximate surface area is 750 Å². The number of benzene rings is 12. The molecule has 12 rings (SSSR count). The Balaban J connectivity index is 0.000000217. The van der Waals surface area contributed by atoms with E-state index in [2.05, 4.69) is 23.7 Å². The van der Waals surface area contributed by atoms with Crippen LogP contribution in [-0.4, -0.2) is 0 Å². The highest BCUT2D eigenvalue weighted by Gasteiger charge is 2.44. The van der Waals surface area contributed by atoms with Crippen molar-refractivity contribution in [3.8, 4) is 34.5 Å². The van der Waals surface area contributed by atoms with Crippen LogP contribution < -0.4 is 28.4 Å². The van der Waals surface area contributed by atoms with Crippen LogP contribution in [0.5, 0.6) is 34.5 Å². The first-order valence-corrected chi connectivity index (χ1v) is 42.1. The van der Waals surface area contributed by atoms with E-state index in [4.69, 9.17) is 4.74 Å². The van der Waals surface area contributed by atoms with Crippen LogP contribution in [0.2, 0.25) is 0 Å². The summed E-state index contributed by atoms with van der Waals surface area (Å²) >= 11 is 0. The minimum Gasteiger partial charge on any atom is -0.429 e. The van der Waals surface area contributed by atoms with Crippen molar-refractivity contribution in [2.24, 2.45) is 0 Å². The van der Waals surface area contributed by atoms with Gasteiger partial charge in [-0.3, -0.25) is 0 Å². The Hall–Kier alpha value is -12.2. The predicted molar refractivity (Wildman–Crippen MR) is 456 cm³/mol. The lowest BCUT2D eigenvalue weighted by Gasteiger charge is -2.20. The van der Waals surface area contributed by atoms with Crippen molar-refractivity contribution >= 4 is 0 Å². The summed E-state index contributed by atoms with van der Waals surface area (Å²) in [4.78, 5) is 0. The van der Waals surface area contributed by atoms with E-state index >= 15 is 0 Å². The lowest BCUT2D eigenvalue weighted by atomic mass is 10.1. The van der Waals surface area contributed by atoms with Gasteiger partial charge >= 0.3 is 36.7 Å². The molecule has 0 radical (unpaired) electrons. The summed E-state index contributed by atoms with van der Waals surface area (Å²) in [5.74, 6) is -16.5. The van der Waals surface area contributed by atoms with E-state index < -0.39 is 157 Å². The summed E-state index contributed by atoms with van der Waals surface area (Å²) in [6.45, 7) is 21.4. The van der Waals surface area contributed by atoms with Crippen LogP contribution in [0.4, 0.5) is 105 Å². The third kappa shape index (κ3) is 29.4. The lowest BCUT2D eigenvalue weighted by Crippen LogP contribution is -2.24. The normalized spacial score (nSPS) is 11.5. The van der Waals surface area contributed by atoms with Crippen molar-refractivity contribution in [1.29, 1.82) is 0 Å². The largest absolute Gasteiger partial charge is 0.429 e. The molecule has 0 unspecified atom stereocenters. The fourth-order valence-corrected chi connectivity index (χ4v) is 12.4. The molecule has 0 aromatic heterocycles. The Bertz CT molecular complexity index is 5700. The molecule has 0 amide bonds. The van der Waals surface area contributed by atoms with Crippen molar-refractivity contribution in [2.45, 2.75) is 197 Å². The molecule has 0 N–H and O–H groups in total. The zero-order chi connectivity index (χ0) is 98.0. The van der Waals surface area contributed by atoms with Crippen molar-refractivity contribution in [3.05, 3.63) is 388 Å². The number of rotatable bonds is 30. The molecular formula is C102H96F24O6. The zero-order valence-corrected chi connectivity index (χ0v) is 73.8. The van der Waals surface area contributed by atoms with Gasteiger partial charge in [0.2, 0.25) is 0 Å². The van der Waals surface area contributed by atoms with Gasteiger partial charge < -0.3 is 28.4 Å². The van der Waals surface area contributed by atoms with Gasteiger partial charge in [-0.15, -0.1) is 0 Å². The lowest BCUT2D eigenvalue weighted by molar-refractivity contribution is -0.190. The van der Waals surface area contributed by atoms with Gasteiger partial charge in [0.05, 0.1) is 33.4 Å². The molecule has 0 heterocycles. The number of ether oxygens (including phenoxy) is 6. The monoisotopic (exact) mass is 1870 g/mol. The number of hydrogen-bond donors (Lipinski definition) is 0. The van der Waals surface area contributed by atoms with Gasteiger partial charge in [0.25, 0.3) is 0 Å². The summed E-state index contributed by atoms with van der Waals surface area (Å²) < 4.78 is 360. The second kappa shape index (κ2) is 47.7. The summed E-state index contributed by atoms with van der Waals surface area (Å²) in [5, 5.41) is 0. The maximum absolute atomic E-state index is 14.1. The highest BCUT2D eigenvalue weighted by Crippen LogP contribution is 2.42. The number of aryl methyl sites for hydroxylation is 11. The quantitative estimate of drug-likeness (QED) is 0.0418. The third-order valence-electron chi connectivity index (χ3n) is 20.4. The fourth-order valence-electron chi connectivity index (χ4n) is 12.4. The van der Waals surface area contributed by atoms with Gasteiger partial charge in [-0.2, -0.15) is 52.7 Å². The van der Waals surface area contributed by atoms with Crippen LogP contribution >= 0.6 is 0 Å². The molecule has 0 aliphatic heterocycles. The molecule has 12 aromatic carbocycles. The highest BCUT2D eigenvalue weighted by atomic mass is 19.3. The summed E-state index contributed by atoms with van der Waals surface area (Å²) in [6.07, 6.45) is -17.0. The molecule has 132 heavy (non-hydrogen) atoms. The van der Waals surface area contributed by atoms with E-state index in [1.54, 1.807) is 84.9 Å². The van der Waals surface area contributed by atoms with E-state index in [9.17, 15) is 105 Å². The molecule has 708 valence electrons. The second-order valence-electron chi connectivity index (χ2n) is 29.4. The fraction of sp³-hybridized carbons (Fsp3) is 0.294. The minimum atomic E-state index is -4.20. The van der Waals surface area contributed by atoms with E-state index in [1.165, 1.54) is 85.8 Å².